The summed E-state index contributed by atoms with van der Waals surface area (Å²) in [6, 6.07) is 7.70. The molecule has 0 radical (unpaired) electrons. The van der Waals surface area contributed by atoms with Gasteiger partial charge in [-0.1, -0.05) is 34.1 Å². The van der Waals surface area contributed by atoms with E-state index in [4.69, 9.17) is 5.73 Å². The average molecular weight is 308 g/mol. The predicted molar refractivity (Wildman–Crippen MR) is 73.5 cm³/mol. The van der Waals surface area contributed by atoms with Gasteiger partial charge in [-0.15, -0.1) is 0 Å². The van der Waals surface area contributed by atoms with E-state index in [1.807, 2.05) is 24.3 Å². The summed E-state index contributed by atoms with van der Waals surface area (Å²) in [5.41, 5.74) is 7.33. The SMILES string of the molecule is NCCc1cncn1C(=O)Cc1ccccc1Br. The standard InChI is InChI=1S/C13H14BrN3O/c14-12-4-2-1-3-10(12)7-13(18)17-9-16-8-11(17)5-6-15/h1-4,8-9H,5-7,15H2. The first-order valence-corrected chi connectivity index (χ1v) is 6.49. The number of carbonyl (C=O) groups excluding carboxylic acids is 1. The van der Waals surface area contributed by atoms with Gasteiger partial charge >= 0.3 is 0 Å². The Morgan fingerprint density at radius 2 is 2.17 bits per heavy atom. The van der Waals surface area contributed by atoms with Gasteiger partial charge in [-0.05, 0) is 18.2 Å². The lowest BCUT2D eigenvalue weighted by Crippen LogP contribution is -2.17. The Morgan fingerprint density at radius 3 is 2.89 bits per heavy atom. The lowest BCUT2D eigenvalue weighted by Gasteiger charge is -2.07. The third kappa shape index (κ3) is 2.86. The van der Waals surface area contributed by atoms with Crippen LogP contribution < -0.4 is 5.73 Å². The highest BCUT2D eigenvalue weighted by Gasteiger charge is 2.11. The second kappa shape index (κ2) is 5.93. The first kappa shape index (κ1) is 13.0. The van der Waals surface area contributed by atoms with Gasteiger partial charge in [0.1, 0.15) is 6.33 Å². The summed E-state index contributed by atoms with van der Waals surface area (Å²) in [4.78, 5) is 16.2. The van der Waals surface area contributed by atoms with E-state index in [1.165, 1.54) is 0 Å². The first-order chi connectivity index (χ1) is 8.72. The van der Waals surface area contributed by atoms with E-state index in [1.54, 1.807) is 17.1 Å². The van der Waals surface area contributed by atoms with Crippen LogP contribution >= 0.6 is 15.9 Å². The highest BCUT2D eigenvalue weighted by atomic mass is 79.9. The van der Waals surface area contributed by atoms with Crippen molar-refractivity contribution in [2.24, 2.45) is 5.73 Å². The van der Waals surface area contributed by atoms with Gasteiger partial charge in [0, 0.05) is 22.8 Å². The molecular formula is C13H14BrN3O. The molecule has 2 rings (SSSR count). The molecular weight excluding hydrogens is 294 g/mol. The maximum absolute atomic E-state index is 12.2. The number of aromatic nitrogens is 2. The van der Waals surface area contributed by atoms with Crippen LogP contribution in [0.25, 0.3) is 0 Å². The zero-order valence-electron chi connectivity index (χ0n) is 9.84. The van der Waals surface area contributed by atoms with E-state index in [9.17, 15) is 4.79 Å². The van der Waals surface area contributed by atoms with Crippen molar-refractivity contribution in [1.29, 1.82) is 0 Å². The Morgan fingerprint density at radius 1 is 1.39 bits per heavy atom. The Balaban J connectivity index is 2.17. The van der Waals surface area contributed by atoms with Crippen molar-refractivity contribution in [2.75, 3.05) is 6.54 Å². The van der Waals surface area contributed by atoms with Crippen molar-refractivity contribution >= 4 is 21.8 Å². The maximum atomic E-state index is 12.2. The topological polar surface area (TPSA) is 60.9 Å². The number of hydrogen-bond donors (Lipinski definition) is 1. The molecule has 2 aromatic rings. The second-order valence-corrected chi connectivity index (χ2v) is 4.81. The van der Waals surface area contributed by atoms with Crippen LogP contribution in [-0.2, 0) is 12.8 Å². The molecule has 0 fully saturated rings. The number of nitrogens with two attached hydrogens (primary N) is 1. The molecule has 0 amide bonds. The molecule has 2 N–H and O–H groups in total. The van der Waals surface area contributed by atoms with E-state index in [-0.39, 0.29) is 5.91 Å². The number of imidazole rings is 1. The summed E-state index contributed by atoms with van der Waals surface area (Å²) in [5, 5.41) is 0. The van der Waals surface area contributed by atoms with Crippen LogP contribution in [0, 0.1) is 0 Å². The third-order valence-electron chi connectivity index (χ3n) is 2.68. The third-order valence-corrected chi connectivity index (χ3v) is 3.46. The Hall–Kier alpha value is -1.46. The molecule has 0 spiro atoms. The Labute approximate surface area is 114 Å². The quantitative estimate of drug-likeness (QED) is 0.940. The normalized spacial score (nSPS) is 10.6. The van der Waals surface area contributed by atoms with Crippen molar-refractivity contribution in [1.82, 2.24) is 9.55 Å². The minimum absolute atomic E-state index is 0.00264. The highest BCUT2D eigenvalue weighted by molar-refractivity contribution is 9.10. The van der Waals surface area contributed by atoms with E-state index in [2.05, 4.69) is 20.9 Å². The predicted octanol–water partition coefficient (Wildman–Crippen LogP) is 2.03. The van der Waals surface area contributed by atoms with Crippen LogP contribution in [0.5, 0.6) is 0 Å². The summed E-state index contributed by atoms with van der Waals surface area (Å²) >= 11 is 3.44. The highest BCUT2D eigenvalue weighted by Crippen LogP contribution is 2.17. The average Bonchev–Trinajstić information content (AvgIpc) is 2.81. The molecule has 1 heterocycles. The fraction of sp³-hybridized carbons (Fsp3) is 0.231. The van der Waals surface area contributed by atoms with Crippen LogP contribution in [0.3, 0.4) is 0 Å². The van der Waals surface area contributed by atoms with Gasteiger partial charge in [0.05, 0.1) is 6.42 Å². The number of nitrogens with zero attached hydrogens (tertiary/aromatic N) is 2. The molecule has 18 heavy (non-hydrogen) atoms. The van der Waals surface area contributed by atoms with Gasteiger partial charge in [-0.25, -0.2) is 4.98 Å². The molecule has 0 saturated heterocycles. The van der Waals surface area contributed by atoms with Crippen LogP contribution in [0.2, 0.25) is 0 Å². The first-order valence-electron chi connectivity index (χ1n) is 5.70. The number of benzene rings is 1. The van der Waals surface area contributed by atoms with Crippen LogP contribution in [0.15, 0.2) is 41.3 Å². The van der Waals surface area contributed by atoms with E-state index in [0.717, 1.165) is 15.7 Å². The lowest BCUT2D eigenvalue weighted by molar-refractivity contribution is 0.0911. The van der Waals surface area contributed by atoms with Crippen LogP contribution in [0.4, 0.5) is 0 Å². The zero-order chi connectivity index (χ0) is 13.0. The summed E-state index contributed by atoms with van der Waals surface area (Å²) in [7, 11) is 0. The summed E-state index contributed by atoms with van der Waals surface area (Å²) in [6.07, 6.45) is 4.23. The van der Waals surface area contributed by atoms with Gasteiger partial charge in [0.2, 0.25) is 5.91 Å². The molecule has 4 nitrogen and oxygen atoms in total. The molecule has 0 atom stereocenters. The summed E-state index contributed by atoms with van der Waals surface area (Å²) in [5.74, 6) is 0.00264. The lowest BCUT2D eigenvalue weighted by atomic mass is 10.1. The molecule has 0 aliphatic rings. The number of carbonyl (C=O) groups is 1. The van der Waals surface area contributed by atoms with Crippen molar-refractivity contribution in [2.45, 2.75) is 12.8 Å². The molecule has 0 bridgehead atoms. The van der Waals surface area contributed by atoms with Gasteiger partial charge in [0.15, 0.2) is 0 Å². The molecule has 0 unspecified atom stereocenters. The van der Waals surface area contributed by atoms with Gasteiger partial charge in [-0.3, -0.25) is 9.36 Å². The number of hydrogen-bond acceptors (Lipinski definition) is 3. The Kier molecular flexibility index (Phi) is 4.28. The van der Waals surface area contributed by atoms with Crippen LogP contribution in [-0.4, -0.2) is 22.0 Å². The van der Waals surface area contributed by atoms with E-state index < -0.39 is 0 Å². The minimum atomic E-state index is 0.00264. The molecule has 0 saturated carbocycles. The van der Waals surface area contributed by atoms with E-state index >= 15 is 0 Å². The minimum Gasteiger partial charge on any atom is -0.330 e. The molecule has 0 aliphatic heterocycles. The fourth-order valence-corrected chi connectivity index (χ4v) is 2.19. The Bertz CT molecular complexity index is 551. The van der Waals surface area contributed by atoms with E-state index in [0.29, 0.717) is 19.4 Å². The summed E-state index contributed by atoms with van der Waals surface area (Å²) < 4.78 is 2.52. The van der Waals surface area contributed by atoms with Gasteiger partial charge in [0.25, 0.3) is 0 Å². The molecule has 94 valence electrons. The van der Waals surface area contributed by atoms with Crippen molar-refractivity contribution in [3.63, 3.8) is 0 Å². The van der Waals surface area contributed by atoms with Crippen LogP contribution in [0.1, 0.15) is 16.1 Å². The molecule has 1 aromatic heterocycles. The largest absolute Gasteiger partial charge is 0.330 e. The maximum Gasteiger partial charge on any atom is 0.236 e. The van der Waals surface area contributed by atoms with Crippen molar-refractivity contribution < 1.29 is 4.79 Å². The number of halogens is 1. The molecule has 0 aliphatic carbocycles. The van der Waals surface area contributed by atoms with Crippen molar-refractivity contribution in [3.05, 3.63) is 52.5 Å². The summed E-state index contributed by atoms with van der Waals surface area (Å²) in [6.45, 7) is 0.508. The van der Waals surface area contributed by atoms with Gasteiger partial charge < -0.3 is 5.73 Å². The monoisotopic (exact) mass is 307 g/mol. The molecule has 5 heteroatoms. The van der Waals surface area contributed by atoms with Gasteiger partial charge in [-0.2, -0.15) is 0 Å². The fourth-order valence-electron chi connectivity index (χ4n) is 1.77. The number of rotatable bonds is 4. The molecule has 1 aromatic carbocycles. The van der Waals surface area contributed by atoms with Crippen molar-refractivity contribution in [3.8, 4) is 0 Å². The smallest absolute Gasteiger partial charge is 0.236 e. The second-order valence-electron chi connectivity index (χ2n) is 3.96. The zero-order valence-corrected chi connectivity index (χ0v) is 11.4.